The molecule has 2 amide bonds. The molecule has 0 radical (unpaired) electrons. The predicted octanol–water partition coefficient (Wildman–Crippen LogP) is 2.30. The molecular weight excluding hydrogens is 288 g/mol. The zero-order valence-electron chi connectivity index (χ0n) is 12.4. The summed E-state index contributed by atoms with van der Waals surface area (Å²) in [5.74, 6) is -0.441. The van der Waals surface area contributed by atoms with Gasteiger partial charge in [0.15, 0.2) is 0 Å². The van der Waals surface area contributed by atoms with Crippen molar-refractivity contribution in [2.45, 2.75) is 39.2 Å². The predicted molar refractivity (Wildman–Crippen MR) is 83.1 cm³/mol. The molecule has 4 nitrogen and oxygen atoms in total. The van der Waals surface area contributed by atoms with Crippen LogP contribution in [0.1, 0.15) is 32.3 Å². The van der Waals surface area contributed by atoms with Crippen LogP contribution in [-0.2, 0) is 16.0 Å². The normalized spacial score (nSPS) is 14.6. The minimum absolute atomic E-state index is 0.200. The lowest BCUT2D eigenvalue weighted by Crippen LogP contribution is -2.48. The van der Waals surface area contributed by atoms with E-state index in [4.69, 9.17) is 11.6 Å². The summed E-state index contributed by atoms with van der Waals surface area (Å²) in [5.41, 5.74) is 0.0581. The van der Waals surface area contributed by atoms with Gasteiger partial charge >= 0.3 is 0 Å². The second-order valence-electron chi connectivity index (χ2n) is 6.01. The lowest BCUT2D eigenvalue weighted by Gasteiger charge is -2.22. The first-order valence-corrected chi connectivity index (χ1v) is 7.61. The van der Waals surface area contributed by atoms with Gasteiger partial charge in [-0.1, -0.05) is 23.7 Å². The number of halogens is 1. The van der Waals surface area contributed by atoms with Crippen molar-refractivity contribution in [3.8, 4) is 0 Å². The van der Waals surface area contributed by atoms with Crippen molar-refractivity contribution in [1.82, 2.24) is 10.6 Å². The van der Waals surface area contributed by atoms with Crippen LogP contribution in [0, 0.1) is 5.41 Å². The molecule has 0 spiro atoms. The number of hydrogen-bond donors (Lipinski definition) is 2. The van der Waals surface area contributed by atoms with Crippen LogP contribution in [0.15, 0.2) is 24.3 Å². The number of nitrogens with one attached hydrogen (secondary N) is 2. The second kappa shape index (κ2) is 6.48. The molecule has 1 saturated carbocycles. The molecule has 0 unspecified atom stereocenters. The second-order valence-corrected chi connectivity index (χ2v) is 6.44. The maximum atomic E-state index is 12.2. The largest absolute Gasteiger partial charge is 0.355 e. The Morgan fingerprint density at radius 2 is 1.81 bits per heavy atom. The zero-order chi connectivity index (χ0) is 15.5. The van der Waals surface area contributed by atoms with Gasteiger partial charge in [0.2, 0.25) is 11.8 Å². The number of hydrogen-bond acceptors (Lipinski definition) is 2. The summed E-state index contributed by atoms with van der Waals surface area (Å²) in [5, 5.41) is 6.40. The van der Waals surface area contributed by atoms with Gasteiger partial charge in [-0.15, -0.1) is 0 Å². The molecule has 1 aromatic carbocycles. The van der Waals surface area contributed by atoms with Crippen LogP contribution in [0.5, 0.6) is 0 Å². The lowest BCUT2D eigenvalue weighted by molar-refractivity contribution is -0.141. The van der Waals surface area contributed by atoms with Gasteiger partial charge in [0, 0.05) is 17.6 Å². The van der Waals surface area contributed by atoms with E-state index in [0.717, 1.165) is 18.4 Å². The minimum atomic E-state index is -1.04. The van der Waals surface area contributed by atoms with Crippen LogP contribution >= 0.6 is 11.6 Å². The third kappa shape index (κ3) is 4.46. The van der Waals surface area contributed by atoms with Gasteiger partial charge in [0.25, 0.3) is 0 Å². The van der Waals surface area contributed by atoms with Crippen molar-refractivity contribution in [2.75, 3.05) is 6.54 Å². The van der Waals surface area contributed by atoms with Crippen LogP contribution in [0.2, 0.25) is 5.02 Å². The topological polar surface area (TPSA) is 58.2 Å². The summed E-state index contributed by atoms with van der Waals surface area (Å²) in [6.07, 6.45) is 2.74. The smallest absolute Gasteiger partial charge is 0.235 e. The Hall–Kier alpha value is -1.55. The van der Waals surface area contributed by atoms with E-state index in [1.165, 1.54) is 0 Å². The molecule has 0 atom stereocenters. The molecule has 5 heteroatoms. The molecular formula is C16H21ClN2O2. The Morgan fingerprint density at radius 3 is 2.38 bits per heavy atom. The van der Waals surface area contributed by atoms with Crippen molar-refractivity contribution in [3.05, 3.63) is 34.9 Å². The van der Waals surface area contributed by atoms with E-state index in [9.17, 15) is 9.59 Å². The lowest BCUT2D eigenvalue weighted by atomic mass is 9.91. The van der Waals surface area contributed by atoms with Gasteiger partial charge in [-0.25, -0.2) is 0 Å². The van der Waals surface area contributed by atoms with Crippen molar-refractivity contribution >= 4 is 23.4 Å². The van der Waals surface area contributed by atoms with E-state index in [-0.39, 0.29) is 17.9 Å². The summed E-state index contributed by atoms with van der Waals surface area (Å²) in [4.78, 5) is 24.2. The van der Waals surface area contributed by atoms with E-state index in [1.807, 2.05) is 24.3 Å². The SMILES string of the molecule is CC(C)(C(=O)NCCc1ccc(Cl)cc1)C(=O)NC1CC1. The monoisotopic (exact) mass is 308 g/mol. The number of rotatable bonds is 6. The molecule has 0 heterocycles. The van der Waals surface area contributed by atoms with E-state index < -0.39 is 5.41 Å². The quantitative estimate of drug-likeness (QED) is 0.792. The average molecular weight is 309 g/mol. The van der Waals surface area contributed by atoms with Crippen LogP contribution in [0.3, 0.4) is 0 Å². The van der Waals surface area contributed by atoms with Crippen molar-refractivity contribution < 1.29 is 9.59 Å². The fourth-order valence-corrected chi connectivity index (χ4v) is 2.02. The first-order chi connectivity index (χ1) is 9.89. The summed E-state index contributed by atoms with van der Waals surface area (Å²) in [6, 6.07) is 7.77. The van der Waals surface area contributed by atoms with Crippen molar-refractivity contribution in [3.63, 3.8) is 0 Å². The highest BCUT2D eigenvalue weighted by Crippen LogP contribution is 2.23. The van der Waals surface area contributed by atoms with Gasteiger partial charge in [-0.05, 0) is 50.8 Å². The number of carbonyl (C=O) groups is 2. The average Bonchev–Trinajstić information content (AvgIpc) is 3.24. The Labute approximate surface area is 130 Å². The standard InChI is InChI=1S/C16H21ClN2O2/c1-16(2,15(21)19-13-7-8-13)14(20)18-10-9-11-3-5-12(17)6-4-11/h3-6,13H,7-10H2,1-2H3,(H,18,20)(H,19,21). The third-order valence-electron chi connectivity index (χ3n) is 3.66. The van der Waals surface area contributed by atoms with Crippen LogP contribution in [0.4, 0.5) is 0 Å². The molecule has 0 bridgehead atoms. The van der Waals surface area contributed by atoms with Crippen LogP contribution < -0.4 is 10.6 Å². The van der Waals surface area contributed by atoms with Gasteiger partial charge < -0.3 is 10.6 Å². The minimum Gasteiger partial charge on any atom is -0.355 e. The van der Waals surface area contributed by atoms with Crippen LogP contribution in [0.25, 0.3) is 0 Å². The van der Waals surface area contributed by atoms with Crippen molar-refractivity contribution in [1.29, 1.82) is 0 Å². The Morgan fingerprint density at radius 1 is 1.19 bits per heavy atom. The van der Waals surface area contributed by atoms with Gasteiger partial charge in [-0.3, -0.25) is 9.59 Å². The highest BCUT2D eigenvalue weighted by molar-refractivity contribution is 6.30. The molecule has 0 aromatic heterocycles. The maximum Gasteiger partial charge on any atom is 0.235 e. The Bertz CT molecular complexity index is 522. The molecule has 0 saturated heterocycles. The van der Waals surface area contributed by atoms with E-state index in [0.29, 0.717) is 18.0 Å². The molecule has 2 N–H and O–H groups in total. The summed E-state index contributed by atoms with van der Waals surface area (Å²) in [6.45, 7) is 3.81. The number of carbonyl (C=O) groups excluding carboxylic acids is 2. The summed E-state index contributed by atoms with van der Waals surface area (Å²) < 4.78 is 0. The van der Waals surface area contributed by atoms with Crippen LogP contribution in [-0.4, -0.2) is 24.4 Å². The number of benzene rings is 1. The molecule has 1 aliphatic carbocycles. The van der Waals surface area contributed by atoms with E-state index in [2.05, 4.69) is 10.6 Å². The number of amides is 2. The molecule has 2 rings (SSSR count). The third-order valence-corrected chi connectivity index (χ3v) is 3.91. The Balaban J connectivity index is 1.79. The Kier molecular flexibility index (Phi) is 4.88. The first-order valence-electron chi connectivity index (χ1n) is 7.23. The molecule has 114 valence electrons. The molecule has 1 aromatic rings. The maximum absolute atomic E-state index is 12.2. The summed E-state index contributed by atoms with van der Waals surface area (Å²) in [7, 11) is 0. The molecule has 0 aliphatic heterocycles. The van der Waals surface area contributed by atoms with Gasteiger partial charge in [0.05, 0.1) is 0 Å². The van der Waals surface area contributed by atoms with Gasteiger partial charge in [0.1, 0.15) is 5.41 Å². The highest BCUT2D eigenvalue weighted by Gasteiger charge is 2.38. The molecule has 1 aliphatic rings. The zero-order valence-corrected chi connectivity index (χ0v) is 13.2. The van der Waals surface area contributed by atoms with Crippen molar-refractivity contribution in [2.24, 2.45) is 5.41 Å². The molecule has 1 fully saturated rings. The van der Waals surface area contributed by atoms with Gasteiger partial charge in [-0.2, -0.15) is 0 Å². The van der Waals surface area contributed by atoms with E-state index >= 15 is 0 Å². The molecule has 21 heavy (non-hydrogen) atoms. The summed E-state index contributed by atoms with van der Waals surface area (Å²) >= 11 is 5.82. The fraction of sp³-hybridized carbons (Fsp3) is 0.500. The van der Waals surface area contributed by atoms with E-state index in [1.54, 1.807) is 13.8 Å². The highest BCUT2D eigenvalue weighted by atomic mass is 35.5. The first kappa shape index (κ1) is 15.8. The fourth-order valence-electron chi connectivity index (χ4n) is 1.89.